The summed E-state index contributed by atoms with van der Waals surface area (Å²) in [5, 5.41) is 17.6. The fourth-order valence-corrected chi connectivity index (χ4v) is 0.950. The first-order valence-electron chi connectivity index (χ1n) is 4.21. The highest BCUT2D eigenvalue weighted by Gasteiger charge is 2.02. The molecule has 0 bridgehead atoms. The molecule has 0 radical (unpaired) electrons. The van der Waals surface area contributed by atoms with Crippen LogP contribution in [0.2, 0.25) is 0 Å². The Hall–Kier alpha value is -1.06. The molecule has 72 valence electrons. The normalized spacial score (nSPS) is 12.5. The first-order valence-corrected chi connectivity index (χ1v) is 4.21. The third-order valence-corrected chi connectivity index (χ3v) is 1.64. The lowest BCUT2D eigenvalue weighted by molar-refractivity contribution is 0.0536. The highest BCUT2D eigenvalue weighted by Crippen LogP contribution is 2.12. The maximum atomic E-state index is 9.01. The van der Waals surface area contributed by atoms with Crippen LogP contribution >= 0.6 is 0 Å². The van der Waals surface area contributed by atoms with E-state index in [1.807, 2.05) is 31.2 Å². The quantitative estimate of drug-likeness (QED) is 0.721. The van der Waals surface area contributed by atoms with Crippen LogP contribution < -0.4 is 4.74 Å². The van der Waals surface area contributed by atoms with Crippen molar-refractivity contribution in [2.75, 3.05) is 13.2 Å². The molecule has 0 aromatic heterocycles. The molecule has 0 saturated carbocycles. The van der Waals surface area contributed by atoms with Crippen LogP contribution in [0.15, 0.2) is 24.3 Å². The molecule has 0 fully saturated rings. The standard InChI is InChI=1S/C10H14O3/c1-8-3-2-4-10(5-8)13-7-9(12)6-11/h2-5,9,11-12H,6-7H2,1H3/t9-/m0/s1. The minimum Gasteiger partial charge on any atom is -0.491 e. The van der Waals surface area contributed by atoms with Gasteiger partial charge in [0.25, 0.3) is 0 Å². The largest absolute Gasteiger partial charge is 0.491 e. The fourth-order valence-electron chi connectivity index (χ4n) is 0.950. The Morgan fingerprint density at radius 1 is 1.46 bits per heavy atom. The van der Waals surface area contributed by atoms with Gasteiger partial charge in [0.1, 0.15) is 18.5 Å². The molecule has 0 heterocycles. The lowest BCUT2D eigenvalue weighted by Gasteiger charge is -2.09. The van der Waals surface area contributed by atoms with E-state index in [0.29, 0.717) is 5.75 Å². The second-order valence-electron chi connectivity index (χ2n) is 2.96. The van der Waals surface area contributed by atoms with E-state index in [4.69, 9.17) is 14.9 Å². The number of benzene rings is 1. The van der Waals surface area contributed by atoms with Crippen molar-refractivity contribution in [2.45, 2.75) is 13.0 Å². The van der Waals surface area contributed by atoms with Crippen molar-refractivity contribution in [3.05, 3.63) is 29.8 Å². The van der Waals surface area contributed by atoms with Gasteiger partial charge in [-0.25, -0.2) is 0 Å². The number of aliphatic hydroxyl groups excluding tert-OH is 2. The topological polar surface area (TPSA) is 49.7 Å². The van der Waals surface area contributed by atoms with Crippen LogP contribution in [-0.4, -0.2) is 29.5 Å². The molecule has 1 rings (SSSR count). The molecule has 0 unspecified atom stereocenters. The molecule has 0 saturated heterocycles. The molecular weight excluding hydrogens is 168 g/mol. The van der Waals surface area contributed by atoms with Crippen LogP contribution in [0.4, 0.5) is 0 Å². The van der Waals surface area contributed by atoms with Crippen LogP contribution in [0.5, 0.6) is 5.75 Å². The minimum atomic E-state index is -0.805. The van der Waals surface area contributed by atoms with Crippen LogP contribution in [-0.2, 0) is 0 Å². The zero-order chi connectivity index (χ0) is 9.68. The van der Waals surface area contributed by atoms with E-state index in [1.165, 1.54) is 0 Å². The second kappa shape index (κ2) is 4.84. The van der Waals surface area contributed by atoms with Gasteiger partial charge in [-0.15, -0.1) is 0 Å². The summed E-state index contributed by atoms with van der Waals surface area (Å²) in [7, 11) is 0. The van der Waals surface area contributed by atoms with Crippen molar-refractivity contribution >= 4 is 0 Å². The van der Waals surface area contributed by atoms with Gasteiger partial charge in [-0.2, -0.15) is 0 Å². The van der Waals surface area contributed by atoms with Crippen LogP contribution in [0, 0.1) is 6.92 Å². The molecular formula is C10H14O3. The molecule has 0 aliphatic rings. The summed E-state index contributed by atoms with van der Waals surface area (Å²) in [6.45, 7) is 1.82. The average Bonchev–Trinajstić information content (AvgIpc) is 2.14. The molecule has 2 N–H and O–H groups in total. The fraction of sp³-hybridized carbons (Fsp3) is 0.400. The van der Waals surface area contributed by atoms with Gasteiger partial charge in [-0.1, -0.05) is 12.1 Å². The second-order valence-corrected chi connectivity index (χ2v) is 2.96. The maximum Gasteiger partial charge on any atom is 0.119 e. The summed E-state index contributed by atoms with van der Waals surface area (Å²) >= 11 is 0. The highest BCUT2D eigenvalue weighted by molar-refractivity contribution is 5.27. The van der Waals surface area contributed by atoms with Gasteiger partial charge in [0.2, 0.25) is 0 Å². The Bertz CT molecular complexity index is 260. The number of ether oxygens (including phenoxy) is 1. The van der Waals surface area contributed by atoms with Gasteiger partial charge in [-0.3, -0.25) is 0 Å². The Morgan fingerprint density at radius 3 is 2.85 bits per heavy atom. The van der Waals surface area contributed by atoms with Gasteiger partial charge in [0.15, 0.2) is 0 Å². The molecule has 0 amide bonds. The lowest BCUT2D eigenvalue weighted by Crippen LogP contribution is -2.21. The minimum absolute atomic E-state index is 0.125. The van der Waals surface area contributed by atoms with Crippen molar-refractivity contribution in [2.24, 2.45) is 0 Å². The molecule has 1 aromatic rings. The zero-order valence-corrected chi connectivity index (χ0v) is 7.60. The summed E-state index contributed by atoms with van der Waals surface area (Å²) in [6, 6.07) is 7.55. The summed E-state index contributed by atoms with van der Waals surface area (Å²) in [6.07, 6.45) is -0.805. The SMILES string of the molecule is Cc1cccc(OC[C@@H](O)CO)c1. The molecule has 0 spiro atoms. The summed E-state index contributed by atoms with van der Waals surface area (Å²) in [4.78, 5) is 0. The number of hydrogen-bond acceptors (Lipinski definition) is 3. The van der Waals surface area contributed by atoms with E-state index in [0.717, 1.165) is 5.56 Å². The van der Waals surface area contributed by atoms with E-state index < -0.39 is 6.10 Å². The van der Waals surface area contributed by atoms with Gasteiger partial charge < -0.3 is 14.9 Å². The smallest absolute Gasteiger partial charge is 0.119 e. The first kappa shape index (κ1) is 10.0. The van der Waals surface area contributed by atoms with Gasteiger partial charge in [0.05, 0.1) is 6.61 Å². The van der Waals surface area contributed by atoms with Gasteiger partial charge in [-0.05, 0) is 24.6 Å². The predicted molar refractivity (Wildman–Crippen MR) is 49.8 cm³/mol. The molecule has 1 atom stereocenters. The van der Waals surface area contributed by atoms with E-state index in [2.05, 4.69) is 0 Å². The molecule has 3 heteroatoms. The average molecular weight is 182 g/mol. The lowest BCUT2D eigenvalue weighted by atomic mass is 10.2. The van der Waals surface area contributed by atoms with E-state index >= 15 is 0 Å². The molecule has 3 nitrogen and oxygen atoms in total. The Balaban J connectivity index is 2.45. The monoisotopic (exact) mass is 182 g/mol. The van der Waals surface area contributed by atoms with Gasteiger partial charge in [0, 0.05) is 0 Å². The van der Waals surface area contributed by atoms with Gasteiger partial charge >= 0.3 is 0 Å². The van der Waals surface area contributed by atoms with Crippen molar-refractivity contribution in [1.29, 1.82) is 0 Å². The first-order chi connectivity index (χ1) is 6.22. The van der Waals surface area contributed by atoms with Crippen molar-refractivity contribution in [3.8, 4) is 5.75 Å². The number of rotatable bonds is 4. The molecule has 0 aliphatic heterocycles. The van der Waals surface area contributed by atoms with Crippen LogP contribution in [0.1, 0.15) is 5.56 Å². The number of hydrogen-bond donors (Lipinski definition) is 2. The highest BCUT2D eigenvalue weighted by atomic mass is 16.5. The Morgan fingerprint density at radius 2 is 2.23 bits per heavy atom. The third-order valence-electron chi connectivity index (χ3n) is 1.64. The number of aryl methyl sites for hydroxylation is 1. The van der Waals surface area contributed by atoms with Crippen molar-refractivity contribution in [3.63, 3.8) is 0 Å². The maximum absolute atomic E-state index is 9.01. The Kier molecular flexibility index (Phi) is 3.73. The summed E-state index contributed by atoms with van der Waals surface area (Å²) in [5.41, 5.74) is 1.11. The Labute approximate surface area is 77.6 Å². The molecule has 0 aliphatic carbocycles. The van der Waals surface area contributed by atoms with Crippen LogP contribution in [0.25, 0.3) is 0 Å². The summed E-state index contributed by atoms with van der Waals surface area (Å²) < 4.78 is 5.23. The van der Waals surface area contributed by atoms with E-state index in [9.17, 15) is 0 Å². The van der Waals surface area contributed by atoms with E-state index in [1.54, 1.807) is 0 Å². The summed E-state index contributed by atoms with van der Waals surface area (Å²) in [5.74, 6) is 0.715. The molecule has 13 heavy (non-hydrogen) atoms. The third kappa shape index (κ3) is 3.44. The number of aliphatic hydroxyl groups is 2. The molecule has 1 aromatic carbocycles. The van der Waals surface area contributed by atoms with E-state index in [-0.39, 0.29) is 13.2 Å². The van der Waals surface area contributed by atoms with Crippen molar-refractivity contribution < 1.29 is 14.9 Å². The predicted octanol–water partition coefficient (Wildman–Crippen LogP) is 0.727. The van der Waals surface area contributed by atoms with Crippen LogP contribution in [0.3, 0.4) is 0 Å². The van der Waals surface area contributed by atoms with Crippen molar-refractivity contribution in [1.82, 2.24) is 0 Å². The zero-order valence-electron chi connectivity index (χ0n) is 7.60.